The van der Waals surface area contributed by atoms with E-state index < -0.39 is 0 Å². The lowest BCUT2D eigenvalue weighted by Gasteiger charge is -2.16. The van der Waals surface area contributed by atoms with Gasteiger partial charge in [0.25, 0.3) is 0 Å². The lowest BCUT2D eigenvalue weighted by atomic mass is 9.94. The molecule has 2 rings (SSSR count). The summed E-state index contributed by atoms with van der Waals surface area (Å²) in [7, 11) is 0. The zero-order chi connectivity index (χ0) is 15.8. The van der Waals surface area contributed by atoms with Crippen LogP contribution in [-0.2, 0) is 6.42 Å². The van der Waals surface area contributed by atoms with Gasteiger partial charge in [0.2, 0.25) is 0 Å². The second-order valence-electron chi connectivity index (χ2n) is 5.44. The van der Waals surface area contributed by atoms with Gasteiger partial charge in [0, 0.05) is 0 Å². The third-order valence-electron chi connectivity index (χ3n) is 3.93. The highest BCUT2D eigenvalue weighted by molar-refractivity contribution is 5.27. The van der Waals surface area contributed by atoms with Crippen LogP contribution in [-0.4, -0.2) is 13.2 Å². The van der Waals surface area contributed by atoms with Crippen molar-refractivity contribution in [1.82, 2.24) is 0 Å². The minimum Gasteiger partial charge on any atom is -0.494 e. The second-order valence-corrected chi connectivity index (χ2v) is 5.44. The number of nitrogens with two attached hydrogens (primary N) is 1. The Morgan fingerprint density at radius 3 is 2.45 bits per heavy atom. The lowest BCUT2D eigenvalue weighted by Crippen LogP contribution is -2.15. The van der Waals surface area contributed by atoms with Crippen LogP contribution >= 0.6 is 0 Å². The van der Waals surface area contributed by atoms with Crippen LogP contribution in [0.25, 0.3) is 0 Å². The van der Waals surface area contributed by atoms with Crippen LogP contribution in [0.4, 0.5) is 4.39 Å². The first-order chi connectivity index (χ1) is 10.7. The van der Waals surface area contributed by atoms with Crippen LogP contribution in [0.1, 0.15) is 36.8 Å². The molecule has 0 aliphatic carbocycles. The molecule has 0 aliphatic heterocycles. The van der Waals surface area contributed by atoms with Crippen LogP contribution in [0.3, 0.4) is 0 Å². The van der Waals surface area contributed by atoms with E-state index in [1.807, 2.05) is 24.3 Å². The second kappa shape index (κ2) is 8.54. The Labute approximate surface area is 132 Å². The highest BCUT2D eigenvalue weighted by Gasteiger charge is 2.13. The third kappa shape index (κ3) is 4.57. The van der Waals surface area contributed by atoms with Gasteiger partial charge in [-0.25, -0.2) is 4.39 Å². The predicted octanol–water partition coefficient (Wildman–Crippen LogP) is 4.29. The molecule has 0 radical (unpaired) electrons. The summed E-state index contributed by atoms with van der Waals surface area (Å²) in [6.07, 6.45) is 2.71. The molecule has 0 spiro atoms. The summed E-state index contributed by atoms with van der Waals surface area (Å²) in [4.78, 5) is 0. The zero-order valence-corrected chi connectivity index (χ0v) is 13.1. The van der Waals surface area contributed by atoms with E-state index in [0.29, 0.717) is 18.7 Å². The molecule has 22 heavy (non-hydrogen) atoms. The molecule has 0 saturated carbocycles. The van der Waals surface area contributed by atoms with Gasteiger partial charge in [-0.1, -0.05) is 37.3 Å². The van der Waals surface area contributed by atoms with Gasteiger partial charge >= 0.3 is 0 Å². The van der Waals surface area contributed by atoms with Crippen molar-refractivity contribution in [2.45, 2.75) is 32.1 Å². The average molecular weight is 301 g/mol. The van der Waals surface area contributed by atoms with E-state index in [2.05, 4.69) is 19.1 Å². The molecule has 0 bridgehead atoms. The molecule has 1 unspecified atom stereocenters. The fourth-order valence-electron chi connectivity index (χ4n) is 2.55. The van der Waals surface area contributed by atoms with Gasteiger partial charge in [0.1, 0.15) is 11.6 Å². The molecule has 2 nitrogen and oxygen atoms in total. The highest BCUT2D eigenvalue weighted by Crippen LogP contribution is 2.23. The number of hydrogen-bond donors (Lipinski definition) is 1. The van der Waals surface area contributed by atoms with Gasteiger partial charge in [-0.15, -0.1) is 0 Å². The quantitative estimate of drug-likeness (QED) is 0.738. The van der Waals surface area contributed by atoms with E-state index in [1.165, 1.54) is 11.6 Å². The van der Waals surface area contributed by atoms with Crippen LogP contribution in [0, 0.1) is 5.82 Å². The molecule has 118 valence electrons. The molecule has 0 fully saturated rings. The molecule has 0 heterocycles. The number of aryl methyl sites for hydroxylation is 1. The molecular weight excluding hydrogens is 277 g/mol. The maximum atomic E-state index is 13.8. The maximum Gasteiger partial charge on any atom is 0.126 e. The minimum absolute atomic E-state index is 0.0484. The zero-order valence-electron chi connectivity index (χ0n) is 13.1. The monoisotopic (exact) mass is 301 g/mol. The van der Waals surface area contributed by atoms with Crippen molar-refractivity contribution in [1.29, 1.82) is 0 Å². The topological polar surface area (TPSA) is 35.2 Å². The first-order valence-corrected chi connectivity index (χ1v) is 7.90. The number of halogens is 1. The van der Waals surface area contributed by atoms with E-state index in [9.17, 15) is 4.39 Å². The van der Waals surface area contributed by atoms with Crippen molar-refractivity contribution >= 4 is 0 Å². The van der Waals surface area contributed by atoms with Crippen molar-refractivity contribution in [3.63, 3.8) is 0 Å². The Balaban J connectivity index is 1.80. The SMILES string of the molecule is CCc1ccc(OCCCC(CN)c2ccccc2F)cc1. The molecule has 3 heteroatoms. The summed E-state index contributed by atoms with van der Waals surface area (Å²) in [5, 5.41) is 0. The summed E-state index contributed by atoms with van der Waals surface area (Å²) in [5.74, 6) is 0.758. The van der Waals surface area contributed by atoms with Crippen molar-refractivity contribution in [3.05, 3.63) is 65.5 Å². The van der Waals surface area contributed by atoms with E-state index >= 15 is 0 Å². The smallest absolute Gasteiger partial charge is 0.126 e. The summed E-state index contributed by atoms with van der Waals surface area (Å²) in [6.45, 7) is 3.20. The van der Waals surface area contributed by atoms with Crippen LogP contribution in [0.5, 0.6) is 5.75 Å². The van der Waals surface area contributed by atoms with Crippen molar-refractivity contribution < 1.29 is 9.13 Å². The molecule has 0 amide bonds. The summed E-state index contributed by atoms with van der Waals surface area (Å²) < 4.78 is 19.5. The molecule has 0 saturated heterocycles. The third-order valence-corrected chi connectivity index (χ3v) is 3.93. The fraction of sp³-hybridized carbons (Fsp3) is 0.368. The standard InChI is InChI=1S/C19H24FNO/c1-2-15-9-11-17(12-10-15)22-13-5-6-16(14-21)18-7-3-4-8-19(18)20/h3-4,7-12,16H,2,5-6,13-14,21H2,1H3. The Hall–Kier alpha value is -1.87. The van der Waals surface area contributed by atoms with Crippen molar-refractivity contribution in [3.8, 4) is 5.75 Å². The number of benzene rings is 2. The average Bonchev–Trinajstić information content (AvgIpc) is 2.56. The van der Waals surface area contributed by atoms with Crippen LogP contribution < -0.4 is 10.5 Å². The van der Waals surface area contributed by atoms with Crippen LogP contribution in [0.15, 0.2) is 48.5 Å². The van der Waals surface area contributed by atoms with Crippen molar-refractivity contribution in [2.24, 2.45) is 5.73 Å². The Morgan fingerprint density at radius 1 is 1.09 bits per heavy atom. The minimum atomic E-state index is -0.172. The normalized spacial score (nSPS) is 12.1. The molecule has 0 aromatic heterocycles. The van der Waals surface area contributed by atoms with Gasteiger partial charge in [0.05, 0.1) is 6.61 Å². The van der Waals surface area contributed by atoms with E-state index in [0.717, 1.165) is 25.0 Å². The molecular formula is C19H24FNO. The maximum absolute atomic E-state index is 13.8. The largest absolute Gasteiger partial charge is 0.494 e. The summed E-state index contributed by atoms with van der Waals surface area (Å²) >= 11 is 0. The molecule has 2 aromatic rings. The molecule has 2 aromatic carbocycles. The van der Waals surface area contributed by atoms with E-state index in [-0.39, 0.29) is 11.7 Å². The summed E-state index contributed by atoms with van der Waals surface area (Å²) in [6, 6.07) is 15.0. The molecule has 0 aliphatic rings. The van der Waals surface area contributed by atoms with Gasteiger partial charge < -0.3 is 10.5 Å². The first-order valence-electron chi connectivity index (χ1n) is 7.90. The van der Waals surface area contributed by atoms with Gasteiger partial charge in [0.15, 0.2) is 0 Å². The summed E-state index contributed by atoms with van der Waals surface area (Å²) in [5.41, 5.74) is 7.80. The van der Waals surface area contributed by atoms with Crippen molar-refractivity contribution in [2.75, 3.05) is 13.2 Å². The Kier molecular flexibility index (Phi) is 6.41. The highest BCUT2D eigenvalue weighted by atomic mass is 19.1. The first kappa shape index (κ1) is 16.5. The van der Waals surface area contributed by atoms with Crippen LogP contribution in [0.2, 0.25) is 0 Å². The lowest BCUT2D eigenvalue weighted by molar-refractivity contribution is 0.301. The predicted molar refractivity (Wildman–Crippen MR) is 88.7 cm³/mol. The van der Waals surface area contributed by atoms with Gasteiger partial charge in [-0.2, -0.15) is 0 Å². The fourth-order valence-corrected chi connectivity index (χ4v) is 2.55. The van der Waals surface area contributed by atoms with Gasteiger partial charge in [-0.05, 0) is 61.1 Å². The van der Waals surface area contributed by atoms with E-state index in [1.54, 1.807) is 6.07 Å². The number of ether oxygens (including phenoxy) is 1. The number of hydrogen-bond acceptors (Lipinski definition) is 2. The molecule has 2 N–H and O–H groups in total. The Bertz CT molecular complexity index is 568. The van der Waals surface area contributed by atoms with E-state index in [4.69, 9.17) is 10.5 Å². The molecule has 1 atom stereocenters. The van der Waals surface area contributed by atoms with Gasteiger partial charge in [-0.3, -0.25) is 0 Å². The Morgan fingerprint density at radius 2 is 1.82 bits per heavy atom. The number of rotatable bonds is 8.